The maximum atomic E-state index is 12.7. The summed E-state index contributed by atoms with van der Waals surface area (Å²) in [5.41, 5.74) is 0.925. The molecular weight excluding hydrogens is 398 g/mol. The lowest BCUT2D eigenvalue weighted by atomic mass is 10.1. The molecular formula is C19H23N3O4S2. The highest BCUT2D eigenvalue weighted by Gasteiger charge is 2.21. The van der Waals surface area contributed by atoms with Gasteiger partial charge >= 0.3 is 0 Å². The van der Waals surface area contributed by atoms with Gasteiger partial charge in [0, 0.05) is 11.3 Å². The predicted molar refractivity (Wildman–Crippen MR) is 112 cm³/mol. The van der Waals surface area contributed by atoms with Crippen LogP contribution in [-0.2, 0) is 14.8 Å². The Hall–Kier alpha value is -2.36. The number of benzene rings is 2. The van der Waals surface area contributed by atoms with Gasteiger partial charge in [-0.05, 0) is 61.9 Å². The van der Waals surface area contributed by atoms with Gasteiger partial charge in [-0.3, -0.25) is 9.59 Å². The maximum Gasteiger partial charge on any atom is 0.251 e. The second kappa shape index (κ2) is 10.3. The molecule has 2 aromatic rings. The quantitative estimate of drug-likeness (QED) is 0.575. The monoisotopic (exact) mass is 421 g/mol. The molecule has 0 saturated heterocycles. The molecule has 0 aliphatic heterocycles. The largest absolute Gasteiger partial charge is 0.340 e. The van der Waals surface area contributed by atoms with Crippen LogP contribution in [0, 0.1) is 0 Å². The molecule has 0 spiro atoms. The number of nitrogens with one attached hydrogen (secondary N) is 3. The van der Waals surface area contributed by atoms with Gasteiger partial charge in [0.25, 0.3) is 5.91 Å². The van der Waals surface area contributed by atoms with E-state index < -0.39 is 16.1 Å². The third kappa shape index (κ3) is 6.08. The zero-order valence-corrected chi connectivity index (χ0v) is 17.3. The predicted octanol–water partition coefficient (Wildman–Crippen LogP) is 2.08. The summed E-state index contributed by atoms with van der Waals surface area (Å²) in [6.45, 7) is 0. The van der Waals surface area contributed by atoms with Gasteiger partial charge in [0.2, 0.25) is 15.9 Å². The Morgan fingerprint density at radius 2 is 1.68 bits per heavy atom. The first-order valence-electron chi connectivity index (χ1n) is 8.56. The first-order valence-corrected chi connectivity index (χ1v) is 11.4. The van der Waals surface area contributed by atoms with E-state index >= 15 is 0 Å². The van der Waals surface area contributed by atoms with E-state index in [9.17, 15) is 18.0 Å². The summed E-state index contributed by atoms with van der Waals surface area (Å²) >= 11 is 1.58. The summed E-state index contributed by atoms with van der Waals surface area (Å²) < 4.78 is 25.8. The molecule has 1 atom stereocenters. The summed E-state index contributed by atoms with van der Waals surface area (Å²) in [4.78, 5) is 25.2. The Kier molecular flexibility index (Phi) is 8.04. The van der Waals surface area contributed by atoms with Crippen LogP contribution in [-0.4, -0.2) is 45.3 Å². The molecule has 2 amide bonds. The summed E-state index contributed by atoms with van der Waals surface area (Å²) in [6.07, 6.45) is 2.40. The zero-order chi connectivity index (χ0) is 20.6. The standard InChI is InChI=1S/C19H23N3O4S2/c1-20-28(25,26)16-10-8-15(9-11-16)21-19(24)17(12-13-27-2)22-18(23)14-6-4-3-5-7-14/h3-11,17,20H,12-13H2,1-2H3,(H,21,24)(H,22,23)/t17-/m1/s1. The maximum absolute atomic E-state index is 12.7. The minimum Gasteiger partial charge on any atom is -0.340 e. The first-order chi connectivity index (χ1) is 13.4. The van der Waals surface area contributed by atoms with Crippen molar-refractivity contribution in [3.8, 4) is 0 Å². The minimum atomic E-state index is -3.54. The van der Waals surface area contributed by atoms with E-state index in [-0.39, 0.29) is 16.7 Å². The Morgan fingerprint density at radius 3 is 2.25 bits per heavy atom. The van der Waals surface area contributed by atoms with E-state index in [1.165, 1.54) is 31.3 Å². The van der Waals surface area contributed by atoms with Crippen molar-refractivity contribution < 1.29 is 18.0 Å². The molecule has 0 aliphatic carbocycles. The first kappa shape index (κ1) is 21.9. The van der Waals surface area contributed by atoms with Crippen molar-refractivity contribution in [1.82, 2.24) is 10.0 Å². The van der Waals surface area contributed by atoms with Crippen LogP contribution in [0.2, 0.25) is 0 Å². The SMILES string of the molecule is CNS(=O)(=O)c1ccc(NC(=O)[C@@H](CCSC)NC(=O)c2ccccc2)cc1. The van der Waals surface area contributed by atoms with Crippen molar-refractivity contribution in [3.05, 3.63) is 60.2 Å². The van der Waals surface area contributed by atoms with Crippen LogP contribution in [0.1, 0.15) is 16.8 Å². The summed E-state index contributed by atoms with van der Waals surface area (Å²) in [5.74, 6) is 0.0202. The van der Waals surface area contributed by atoms with Crippen LogP contribution in [0.25, 0.3) is 0 Å². The van der Waals surface area contributed by atoms with Crippen molar-refractivity contribution in [2.45, 2.75) is 17.4 Å². The van der Waals surface area contributed by atoms with E-state index in [1.54, 1.807) is 36.0 Å². The van der Waals surface area contributed by atoms with Crippen LogP contribution in [0.15, 0.2) is 59.5 Å². The van der Waals surface area contributed by atoms with Gasteiger partial charge in [-0.2, -0.15) is 11.8 Å². The Labute approximate surface area is 169 Å². The highest BCUT2D eigenvalue weighted by atomic mass is 32.2. The molecule has 2 aromatic carbocycles. The Bertz CT molecular complexity index is 901. The van der Waals surface area contributed by atoms with Crippen molar-refractivity contribution in [2.24, 2.45) is 0 Å². The van der Waals surface area contributed by atoms with Gasteiger partial charge in [0.05, 0.1) is 4.90 Å². The number of carbonyl (C=O) groups excluding carboxylic acids is 2. The van der Waals surface area contributed by atoms with Gasteiger partial charge in [0.15, 0.2) is 0 Å². The summed E-state index contributed by atoms with van der Waals surface area (Å²) in [5, 5.41) is 5.49. The molecule has 0 radical (unpaired) electrons. The second-order valence-corrected chi connectivity index (χ2v) is 8.77. The molecule has 0 unspecified atom stereocenters. The van der Waals surface area contributed by atoms with E-state index in [4.69, 9.17) is 0 Å². The van der Waals surface area contributed by atoms with Crippen LogP contribution < -0.4 is 15.4 Å². The van der Waals surface area contributed by atoms with Gasteiger partial charge in [0.1, 0.15) is 6.04 Å². The Balaban J connectivity index is 2.09. The molecule has 0 heterocycles. The molecule has 0 aromatic heterocycles. The van der Waals surface area contributed by atoms with Crippen LogP contribution in [0.3, 0.4) is 0 Å². The second-order valence-electron chi connectivity index (χ2n) is 5.89. The van der Waals surface area contributed by atoms with Crippen LogP contribution in [0.5, 0.6) is 0 Å². The number of carbonyl (C=O) groups is 2. The number of hydrogen-bond donors (Lipinski definition) is 3. The molecule has 2 rings (SSSR count). The average Bonchev–Trinajstić information content (AvgIpc) is 2.71. The van der Waals surface area contributed by atoms with Crippen molar-refractivity contribution >= 4 is 39.3 Å². The lowest BCUT2D eigenvalue weighted by Crippen LogP contribution is -2.44. The minimum absolute atomic E-state index is 0.101. The highest BCUT2D eigenvalue weighted by Crippen LogP contribution is 2.15. The lowest BCUT2D eigenvalue weighted by molar-refractivity contribution is -0.118. The van der Waals surface area contributed by atoms with Crippen molar-refractivity contribution in [3.63, 3.8) is 0 Å². The van der Waals surface area contributed by atoms with Crippen LogP contribution in [0.4, 0.5) is 5.69 Å². The summed E-state index contributed by atoms with van der Waals surface area (Å²) in [7, 11) is -2.21. The van der Waals surface area contributed by atoms with Gasteiger partial charge < -0.3 is 10.6 Å². The molecule has 0 fully saturated rings. The number of amides is 2. The fraction of sp³-hybridized carbons (Fsp3) is 0.263. The van der Waals surface area contributed by atoms with Gasteiger partial charge in [-0.25, -0.2) is 13.1 Å². The molecule has 9 heteroatoms. The number of rotatable bonds is 9. The lowest BCUT2D eigenvalue weighted by Gasteiger charge is -2.18. The number of anilines is 1. The molecule has 0 aliphatic rings. The van der Waals surface area contributed by atoms with E-state index in [1.807, 2.05) is 12.3 Å². The average molecular weight is 422 g/mol. The van der Waals surface area contributed by atoms with Crippen LogP contribution >= 0.6 is 11.8 Å². The zero-order valence-electron chi connectivity index (χ0n) is 15.6. The molecule has 150 valence electrons. The van der Waals surface area contributed by atoms with Crippen molar-refractivity contribution in [1.29, 1.82) is 0 Å². The third-order valence-corrected chi connectivity index (χ3v) is 6.04. The molecule has 28 heavy (non-hydrogen) atoms. The molecule has 0 saturated carbocycles. The third-order valence-electron chi connectivity index (χ3n) is 3.97. The normalized spacial score (nSPS) is 12.2. The molecule has 3 N–H and O–H groups in total. The van der Waals surface area contributed by atoms with E-state index in [0.717, 1.165) is 0 Å². The topological polar surface area (TPSA) is 104 Å². The summed E-state index contributed by atoms with van der Waals surface area (Å²) in [6, 6.07) is 13.8. The Morgan fingerprint density at radius 1 is 1.04 bits per heavy atom. The smallest absolute Gasteiger partial charge is 0.251 e. The number of thioether (sulfide) groups is 1. The van der Waals surface area contributed by atoms with Gasteiger partial charge in [-0.15, -0.1) is 0 Å². The van der Waals surface area contributed by atoms with Crippen molar-refractivity contribution in [2.75, 3.05) is 24.4 Å². The fourth-order valence-corrected chi connectivity index (χ4v) is 3.60. The molecule has 0 bridgehead atoms. The van der Waals surface area contributed by atoms with E-state index in [2.05, 4.69) is 15.4 Å². The van der Waals surface area contributed by atoms with E-state index in [0.29, 0.717) is 23.4 Å². The van der Waals surface area contributed by atoms with Gasteiger partial charge in [-0.1, -0.05) is 18.2 Å². The number of hydrogen-bond acceptors (Lipinski definition) is 5. The fourth-order valence-electron chi connectivity index (χ4n) is 2.40. The number of sulfonamides is 1. The molecule has 7 nitrogen and oxygen atoms in total. The highest BCUT2D eigenvalue weighted by molar-refractivity contribution is 7.98.